The number of esters is 2. The van der Waals surface area contributed by atoms with Gasteiger partial charge in [0.1, 0.15) is 11.5 Å². The van der Waals surface area contributed by atoms with E-state index in [4.69, 9.17) is 9.47 Å². The summed E-state index contributed by atoms with van der Waals surface area (Å²) in [6.45, 7) is 0. The van der Waals surface area contributed by atoms with Crippen LogP contribution in [0.3, 0.4) is 0 Å². The van der Waals surface area contributed by atoms with Crippen molar-refractivity contribution in [2.75, 3.05) is 14.2 Å². The first-order valence-corrected chi connectivity index (χ1v) is 6.84. The van der Waals surface area contributed by atoms with Gasteiger partial charge >= 0.3 is 11.9 Å². The lowest BCUT2D eigenvalue weighted by molar-refractivity contribution is -0.134. The smallest absolute Gasteiger partial charge is 0.343 e. The Labute approximate surface area is 134 Å². The number of rotatable bonds is 5. The van der Waals surface area contributed by atoms with Gasteiger partial charge in [0.05, 0.1) is 19.8 Å². The van der Waals surface area contributed by atoms with E-state index in [1.54, 1.807) is 61.7 Å². The SMILES string of the molecule is COC(=O)/C=C/c1ccc(OC(=O)c2ccc(OC)cc2)cc1. The summed E-state index contributed by atoms with van der Waals surface area (Å²) in [5.74, 6) is 0.204. The van der Waals surface area contributed by atoms with E-state index in [1.165, 1.54) is 13.2 Å². The minimum atomic E-state index is -0.453. The van der Waals surface area contributed by atoms with Crippen LogP contribution in [0, 0.1) is 0 Å². The molecule has 0 fully saturated rings. The third-order valence-electron chi connectivity index (χ3n) is 3.03. The third kappa shape index (κ3) is 4.71. The van der Waals surface area contributed by atoms with Gasteiger partial charge in [0.25, 0.3) is 0 Å². The Morgan fingerprint density at radius 2 is 1.48 bits per heavy atom. The molecule has 0 spiro atoms. The van der Waals surface area contributed by atoms with Gasteiger partial charge < -0.3 is 14.2 Å². The Hall–Kier alpha value is -3.08. The summed E-state index contributed by atoms with van der Waals surface area (Å²) in [7, 11) is 2.87. The predicted octanol–water partition coefficient (Wildman–Crippen LogP) is 3.10. The Morgan fingerprint density at radius 1 is 0.870 bits per heavy atom. The van der Waals surface area contributed by atoms with Gasteiger partial charge in [-0.05, 0) is 48.0 Å². The minimum Gasteiger partial charge on any atom is -0.497 e. The highest BCUT2D eigenvalue weighted by molar-refractivity contribution is 5.91. The second-order valence-corrected chi connectivity index (χ2v) is 4.54. The van der Waals surface area contributed by atoms with Gasteiger partial charge in [-0.25, -0.2) is 9.59 Å². The van der Waals surface area contributed by atoms with E-state index in [2.05, 4.69) is 4.74 Å². The molecule has 2 aromatic carbocycles. The van der Waals surface area contributed by atoms with Crippen LogP contribution in [0.15, 0.2) is 54.6 Å². The molecule has 0 unspecified atom stereocenters. The zero-order valence-corrected chi connectivity index (χ0v) is 12.8. The number of carbonyl (C=O) groups excluding carboxylic acids is 2. The van der Waals surface area contributed by atoms with E-state index in [0.717, 1.165) is 5.56 Å². The first-order valence-electron chi connectivity index (χ1n) is 6.84. The maximum Gasteiger partial charge on any atom is 0.343 e. The Bertz CT molecular complexity index is 699. The maximum atomic E-state index is 12.0. The van der Waals surface area contributed by atoms with Crippen molar-refractivity contribution >= 4 is 18.0 Å². The number of ether oxygens (including phenoxy) is 3. The Morgan fingerprint density at radius 3 is 2.04 bits per heavy atom. The summed E-state index contributed by atoms with van der Waals surface area (Å²) in [6, 6.07) is 13.4. The monoisotopic (exact) mass is 312 g/mol. The fourth-order valence-electron chi connectivity index (χ4n) is 1.77. The number of carbonyl (C=O) groups is 2. The molecule has 0 atom stereocenters. The van der Waals surface area contributed by atoms with Crippen molar-refractivity contribution in [1.29, 1.82) is 0 Å². The summed E-state index contributed by atoms with van der Waals surface area (Å²) in [5, 5.41) is 0. The number of methoxy groups -OCH3 is 2. The average Bonchev–Trinajstić information content (AvgIpc) is 2.60. The zero-order valence-electron chi connectivity index (χ0n) is 12.8. The maximum absolute atomic E-state index is 12.0. The van der Waals surface area contributed by atoms with Gasteiger partial charge in [0.15, 0.2) is 0 Å². The van der Waals surface area contributed by atoms with Crippen molar-refractivity contribution < 1.29 is 23.8 Å². The second-order valence-electron chi connectivity index (χ2n) is 4.54. The molecular formula is C18H16O5. The molecule has 118 valence electrons. The lowest BCUT2D eigenvalue weighted by atomic mass is 10.2. The first kappa shape index (κ1) is 16.3. The van der Waals surface area contributed by atoms with E-state index in [0.29, 0.717) is 17.1 Å². The Balaban J connectivity index is 2.00. The molecule has 0 aromatic heterocycles. The van der Waals surface area contributed by atoms with Crippen LogP contribution in [-0.2, 0) is 9.53 Å². The largest absolute Gasteiger partial charge is 0.497 e. The van der Waals surface area contributed by atoms with Crippen molar-refractivity contribution in [2.24, 2.45) is 0 Å². The minimum absolute atomic E-state index is 0.418. The summed E-state index contributed by atoms with van der Waals surface area (Å²) >= 11 is 0. The van der Waals surface area contributed by atoms with Crippen LogP contribution in [0.5, 0.6) is 11.5 Å². The molecular weight excluding hydrogens is 296 g/mol. The fraction of sp³-hybridized carbons (Fsp3) is 0.111. The van der Waals surface area contributed by atoms with Crippen molar-refractivity contribution in [1.82, 2.24) is 0 Å². The van der Waals surface area contributed by atoms with Crippen LogP contribution in [0.2, 0.25) is 0 Å². The topological polar surface area (TPSA) is 61.8 Å². The quantitative estimate of drug-likeness (QED) is 0.482. The fourth-order valence-corrected chi connectivity index (χ4v) is 1.77. The van der Waals surface area contributed by atoms with Crippen molar-refractivity contribution in [3.05, 3.63) is 65.7 Å². The van der Waals surface area contributed by atoms with Crippen LogP contribution >= 0.6 is 0 Å². The molecule has 0 bridgehead atoms. The molecule has 0 saturated heterocycles. The lowest BCUT2D eigenvalue weighted by Crippen LogP contribution is -2.08. The van der Waals surface area contributed by atoms with Gasteiger partial charge in [0.2, 0.25) is 0 Å². The molecule has 0 N–H and O–H groups in total. The Kier molecular flexibility index (Phi) is 5.52. The molecule has 0 amide bonds. The molecule has 2 rings (SSSR count). The highest BCUT2D eigenvalue weighted by Crippen LogP contribution is 2.17. The molecule has 0 aliphatic heterocycles. The molecule has 5 nitrogen and oxygen atoms in total. The van der Waals surface area contributed by atoms with E-state index in [-0.39, 0.29) is 0 Å². The average molecular weight is 312 g/mol. The van der Waals surface area contributed by atoms with Crippen LogP contribution in [0.4, 0.5) is 0 Å². The van der Waals surface area contributed by atoms with Crippen molar-refractivity contribution in [3.8, 4) is 11.5 Å². The van der Waals surface area contributed by atoms with E-state index < -0.39 is 11.9 Å². The van der Waals surface area contributed by atoms with Gasteiger partial charge in [-0.2, -0.15) is 0 Å². The van der Waals surface area contributed by atoms with Gasteiger partial charge in [-0.15, -0.1) is 0 Å². The highest BCUT2D eigenvalue weighted by Gasteiger charge is 2.08. The van der Waals surface area contributed by atoms with Crippen LogP contribution in [0.1, 0.15) is 15.9 Å². The summed E-state index contributed by atoms with van der Waals surface area (Å²) in [6.07, 6.45) is 2.93. The molecule has 0 saturated carbocycles. The summed E-state index contributed by atoms with van der Waals surface area (Å²) in [4.78, 5) is 23.0. The van der Waals surface area contributed by atoms with E-state index >= 15 is 0 Å². The van der Waals surface area contributed by atoms with Crippen molar-refractivity contribution in [2.45, 2.75) is 0 Å². The van der Waals surface area contributed by atoms with Crippen LogP contribution in [-0.4, -0.2) is 26.2 Å². The molecule has 23 heavy (non-hydrogen) atoms. The number of benzene rings is 2. The van der Waals surface area contributed by atoms with Crippen LogP contribution < -0.4 is 9.47 Å². The highest BCUT2D eigenvalue weighted by atomic mass is 16.5. The van der Waals surface area contributed by atoms with E-state index in [9.17, 15) is 9.59 Å². The second kappa shape index (κ2) is 7.79. The van der Waals surface area contributed by atoms with Gasteiger partial charge in [-0.1, -0.05) is 12.1 Å². The molecule has 5 heteroatoms. The van der Waals surface area contributed by atoms with E-state index in [1.807, 2.05) is 0 Å². The molecule has 2 aromatic rings. The zero-order chi connectivity index (χ0) is 16.7. The molecule has 0 heterocycles. The first-order chi connectivity index (χ1) is 11.1. The third-order valence-corrected chi connectivity index (χ3v) is 3.03. The molecule has 0 radical (unpaired) electrons. The van der Waals surface area contributed by atoms with Crippen molar-refractivity contribution in [3.63, 3.8) is 0 Å². The van der Waals surface area contributed by atoms with Crippen LogP contribution in [0.25, 0.3) is 6.08 Å². The summed E-state index contributed by atoms with van der Waals surface area (Å²) in [5.41, 5.74) is 1.22. The lowest BCUT2D eigenvalue weighted by Gasteiger charge is -2.05. The van der Waals surface area contributed by atoms with Gasteiger partial charge in [-0.3, -0.25) is 0 Å². The predicted molar refractivity (Wildman–Crippen MR) is 85.4 cm³/mol. The molecule has 0 aliphatic rings. The number of hydrogen-bond donors (Lipinski definition) is 0. The number of hydrogen-bond acceptors (Lipinski definition) is 5. The summed E-state index contributed by atoms with van der Waals surface area (Å²) < 4.78 is 14.8. The van der Waals surface area contributed by atoms with Gasteiger partial charge in [0, 0.05) is 6.08 Å². The standard InChI is InChI=1S/C18H16O5/c1-21-15-10-6-14(7-11-15)18(20)23-16-8-3-13(4-9-16)5-12-17(19)22-2/h3-12H,1-2H3/b12-5+. The molecule has 0 aliphatic carbocycles. The normalized spacial score (nSPS) is 10.3.